The number of nitrogens with zero attached hydrogens (tertiary/aromatic N) is 2. The van der Waals surface area contributed by atoms with E-state index in [9.17, 15) is 4.39 Å². The first-order chi connectivity index (χ1) is 14.2. The molecule has 1 aliphatic rings. The van der Waals surface area contributed by atoms with Gasteiger partial charge in [-0.25, -0.2) is 14.4 Å². The molecule has 1 unspecified atom stereocenters. The van der Waals surface area contributed by atoms with Crippen LogP contribution in [0.1, 0.15) is 22.6 Å². The molecule has 1 aromatic heterocycles. The second kappa shape index (κ2) is 8.23. The van der Waals surface area contributed by atoms with Crippen LogP contribution in [0, 0.1) is 5.82 Å². The predicted molar refractivity (Wildman–Crippen MR) is 116 cm³/mol. The van der Waals surface area contributed by atoms with E-state index in [1.54, 1.807) is 6.08 Å². The van der Waals surface area contributed by atoms with Crippen LogP contribution >= 0.6 is 0 Å². The minimum Gasteiger partial charge on any atom is -0.350 e. The molecule has 144 valence electrons. The van der Waals surface area contributed by atoms with E-state index in [4.69, 9.17) is 4.98 Å². The Morgan fingerprint density at radius 3 is 2.76 bits per heavy atom. The highest BCUT2D eigenvalue weighted by Gasteiger charge is 2.27. The van der Waals surface area contributed by atoms with E-state index in [1.807, 2.05) is 42.6 Å². The molecule has 0 amide bonds. The number of halogens is 1. The lowest BCUT2D eigenvalue weighted by atomic mass is 9.78. The van der Waals surface area contributed by atoms with Crippen molar-refractivity contribution >= 4 is 5.95 Å². The van der Waals surface area contributed by atoms with Gasteiger partial charge < -0.3 is 5.32 Å². The molecule has 0 spiro atoms. The van der Waals surface area contributed by atoms with Gasteiger partial charge in [-0.05, 0) is 40.8 Å². The maximum atomic E-state index is 13.4. The van der Waals surface area contributed by atoms with Crippen LogP contribution in [0.2, 0.25) is 0 Å². The number of nitrogens with one attached hydrogen (secondary N) is 1. The van der Waals surface area contributed by atoms with Crippen LogP contribution in [0.4, 0.5) is 10.3 Å². The van der Waals surface area contributed by atoms with E-state index in [1.165, 1.54) is 17.7 Å². The van der Waals surface area contributed by atoms with Gasteiger partial charge >= 0.3 is 0 Å². The number of rotatable bonds is 6. The fourth-order valence-corrected chi connectivity index (χ4v) is 3.67. The van der Waals surface area contributed by atoms with Crippen LogP contribution in [0.15, 0.2) is 91.7 Å². The minimum atomic E-state index is -0.221. The summed E-state index contributed by atoms with van der Waals surface area (Å²) in [7, 11) is 0. The smallest absolute Gasteiger partial charge is 0.223 e. The molecule has 0 fully saturated rings. The highest BCUT2D eigenvalue weighted by atomic mass is 19.1. The summed E-state index contributed by atoms with van der Waals surface area (Å²) in [6.07, 6.45) is 8.14. The van der Waals surface area contributed by atoms with Gasteiger partial charge in [0.1, 0.15) is 5.82 Å². The maximum Gasteiger partial charge on any atom is 0.223 e. The van der Waals surface area contributed by atoms with Gasteiger partial charge in [0.25, 0.3) is 0 Å². The number of aromatic nitrogens is 2. The average Bonchev–Trinajstić information content (AvgIpc) is 2.76. The topological polar surface area (TPSA) is 37.8 Å². The van der Waals surface area contributed by atoms with Crippen molar-refractivity contribution in [2.45, 2.75) is 12.3 Å². The number of hydrogen-bond acceptors (Lipinski definition) is 3. The lowest BCUT2D eigenvalue weighted by Gasteiger charge is -2.27. The molecule has 1 N–H and O–H groups in total. The normalized spacial score (nSPS) is 14.9. The Kier molecular flexibility index (Phi) is 5.34. The minimum absolute atomic E-state index is 0.158. The van der Waals surface area contributed by atoms with Crippen molar-refractivity contribution in [3.05, 3.63) is 114 Å². The van der Waals surface area contributed by atoms with Crippen molar-refractivity contribution in [2.75, 3.05) is 11.9 Å². The van der Waals surface area contributed by atoms with Crippen LogP contribution < -0.4 is 5.32 Å². The molecule has 0 saturated heterocycles. The van der Waals surface area contributed by atoms with E-state index in [-0.39, 0.29) is 11.7 Å². The Hall–Kier alpha value is -3.53. The lowest BCUT2D eigenvalue weighted by Crippen LogP contribution is -2.16. The Morgan fingerprint density at radius 1 is 1.17 bits per heavy atom. The predicted octanol–water partition coefficient (Wildman–Crippen LogP) is 5.68. The summed E-state index contributed by atoms with van der Waals surface area (Å²) < 4.78 is 13.4. The summed E-state index contributed by atoms with van der Waals surface area (Å²) in [5.74, 6) is 0.513. The molecule has 1 atom stereocenters. The van der Waals surface area contributed by atoms with Crippen molar-refractivity contribution in [1.82, 2.24) is 9.97 Å². The Balaban J connectivity index is 1.65. The van der Waals surface area contributed by atoms with E-state index < -0.39 is 0 Å². The van der Waals surface area contributed by atoms with Gasteiger partial charge in [-0.1, -0.05) is 67.8 Å². The van der Waals surface area contributed by atoms with Crippen LogP contribution in [0.5, 0.6) is 0 Å². The first-order valence-electron chi connectivity index (χ1n) is 9.57. The van der Waals surface area contributed by atoms with Crippen molar-refractivity contribution in [2.24, 2.45) is 0 Å². The van der Waals surface area contributed by atoms with Crippen LogP contribution in [-0.4, -0.2) is 16.5 Å². The monoisotopic (exact) mass is 383 g/mol. The van der Waals surface area contributed by atoms with Crippen molar-refractivity contribution in [1.29, 1.82) is 0 Å². The second-order valence-electron chi connectivity index (χ2n) is 7.07. The standard InChI is InChI=1S/C25H22FN3/c1-3-4-7-17(2)15-27-25-28-16-19-14-23(18-10-12-20(26)13-11-18)21-8-5-6-9-22(21)24(19)29-25/h3-13,16,23H,1-2,14-15H2,(H,27,28,29)/b7-4-. The SMILES string of the molecule is C=C/C=C\C(=C)CNc1ncc2c(n1)-c1ccccc1C(c1ccc(F)cc1)C2. The highest BCUT2D eigenvalue weighted by molar-refractivity contribution is 5.72. The van der Waals surface area contributed by atoms with Gasteiger partial charge in [0.15, 0.2) is 0 Å². The molecule has 1 heterocycles. The van der Waals surface area contributed by atoms with Crippen LogP contribution in [0.3, 0.4) is 0 Å². The first-order valence-corrected chi connectivity index (χ1v) is 9.57. The van der Waals surface area contributed by atoms with Gasteiger partial charge in [-0.2, -0.15) is 0 Å². The third-order valence-electron chi connectivity index (χ3n) is 5.09. The third-order valence-corrected chi connectivity index (χ3v) is 5.09. The molecular weight excluding hydrogens is 361 g/mol. The number of fused-ring (bicyclic) bond motifs is 3. The molecular formula is C25H22FN3. The fourth-order valence-electron chi connectivity index (χ4n) is 3.67. The molecule has 2 aromatic carbocycles. The number of allylic oxidation sites excluding steroid dienone is 2. The maximum absolute atomic E-state index is 13.4. The molecule has 4 rings (SSSR count). The van der Waals surface area contributed by atoms with Gasteiger partial charge in [0.2, 0.25) is 5.95 Å². The molecule has 1 aliphatic carbocycles. The molecule has 0 aliphatic heterocycles. The molecule has 4 heteroatoms. The third kappa shape index (κ3) is 4.02. The second-order valence-corrected chi connectivity index (χ2v) is 7.07. The zero-order chi connectivity index (χ0) is 20.2. The van der Waals surface area contributed by atoms with Gasteiger partial charge in [0.05, 0.1) is 5.69 Å². The van der Waals surface area contributed by atoms with E-state index in [0.29, 0.717) is 12.5 Å². The summed E-state index contributed by atoms with van der Waals surface area (Å²) in [4.78, 5) is 9.27. The first kappa shape index (κ1) is 18.8. The van der Waals surface area contributed by atoms with Crippen LogP contribution in [0.25, 0.3) is 11.3 Å². The van der Waals surface area contributed by atoms with Crippen molar-refractivity contribution in [3.63, 3.8) is 0 Å². The van der Waals surface area contributed by atoms with E-state index in [2.05, 4.69) is 35.6 Å². The zero-order valence-corrected chi connectivity index (χ0v) is 16.1. The number of hydrogen-bond donors (Lipinski definition) is 1. The fraction of sp³-hybridized carbons (Fsp3) is 0.120. The van der Waals surface area contributed by atoms with Crippen LogP contribution in [-0.2, 0) is 6.42 Å². The highest BCUT2D eigenvalue weighted by Crippen LogP contribution is 2.41. The quantitative estimate of drug-likeness (QED) is 0.557. The van der Waals surface area contributed by atoms with Crippen molar-refractivity contribution in [3.8, 4) is 11.3 Å². The molecule has 3 aromatic rings. The molecule has 0 radical (unpaired) electrons. The summed E-state index contributed by atoms with van der Waals surface area (Å²) in [5, 5.41) is 3.23. The van der Waals surface area contributed by atoms with Crippen molar-refractivity contribution < 1.29 is 4.39 Å². The summed E-state index contributed by atoms with van der Waals surface area (Å²) in [6.45, 7) is 8.22. The average molecular weight is 383 g/mol. The largest absolute Gasteiger partial charge is 0.350 e. The molecule has 29 heavy (non-hydrogen) atoms. The molecule has 3 nitrogen and oxygen atoms in total. The molecule has 0 saturated carbocycles. The zero-order valence-electron chi connectivity index (χ0n) is 16.1. The van der Waals surface area contributed by atoms with Gasteiger partial charge in [-0.15, -0.1) is 0 Å². The summed E-state index contributed by atoms with van der Waals surface area (Å²) >= 11 is 0. The van der Waals surface area contributed by atoms with E-state index in [0.717, 1.165) is 34.4 Å². The van der Waals surface area contributed by atoms with Gasteiger partial charge in [0, 0.05) is 24.2 Å². The number of anilines is 1. The Labute approximate surface area is 170 Å². The Bertz CT molecular complexity index is 1080. The number of benzene rings is 2. The summed E-state index contributed by atoms with van der Waals surface area (Å²) in [5.41, 5.74) is 6.35. The lowest BCUT2D eigenvalue weighted by molar-refractivity contribution is 0.626. The van der Waals surface area contributed by atoms with Gasteiger partial charge in [-0.3, -0.25) is 0 Å². The molecule has 0 bridgehead atoms. The van der Waals surface area contributed by atoms with E-state index >= 15 is 0 Å². The summed E-state index contributed by atoms with van der Waals surface area (Å²) in [6, 6.07) is 15.0. The Morgan fingerprint density at radius 2 is 1.97 bits per heavy atom.